The number of fused-ring (bicyclic) bond motifs is 1. The van der Waals surface area contributed by atoms with Gasteiger partial charge in [0.15, 0.2) is 0 Å². The molecule has 0 fully saturated rings. The molecule has 0 aliphatic carbocycles. The lowest BCUT2D eigenvalue weighted by atomic mass is 10.2. The highest BCUT2D eigenvalue weighted by Crippen LogP contribution is 2.31. The van der Waals surface area contributed by atoms with Crippen LogP contribution in [0.3, 0.4) is 0 Å². The molecule has 0 radical (unpaired) electrons. The maximum absolute atomic E-state index is 13.4. The lowest BCUT2D eigenvalue weighted by Crippen LogP contribution is -2.21. The summed E-state index contributed by atoms with van der Waals surface area (Å²) < 4.78 is 13.4. The molecule has 21 heavy (non-hydrogen) atoms. The Morgan fingerprint density at radius 2 is 2.05 bits per heavy atom. The van der Waals surface area contributed by atoms with Crippen molar-refractivity contribution in [2.45, 2.75) is 39.4 Å². The number of halogens is 1. The van der Waals surface area contributed by atoms with E-state index in [2.05, 4.69) is 36.2 Å². The molecule has 0 bridgehead atoms. The fraction of sp³-hybridized carbons (Fsp3) is 0.412. The first-order chi connectivity index (χ1) is 10.1. The van der Waals surface area contributed by atoms with Crippen LogP contribution in [0.25, 0.3) is 0 Å². The standard InChI is InChI=1S/C17H21FN2S/c1-12(2)19-10-15-5-6-16(21-15)11-20-8-7-13-3-4-14(18)9-17(13)20/h3-6,9,12,19H,7-8,10-11H2,1-2H3. The van der Waals surface area contributed by atoms with Gasteiger partial charge in [0.1, 0.15) is 5.82 Å². The van der Waals surface area contributed by atoms with Gasteiger partial charge in [0, 0.05) is 34.6 Å². The summed E-state index contributed by atoms with van der Waals surface area (Å²) in [7, 11) is 0. The van der Waals surface area contributed by atoms with Crippen molar-refractivity contribution in [2.24, 2.45) is 0 Å². The molecule has 1 aliphatic rings. The summed E-state index contributed by atoms with van der Waals surface area (Å²) in [6.07, 6.45) is 1.02. The van der Waals surface area contributed by atoms with Crippen LogP contribution in [0.4, 0.5) is 10.1 Å². The van der Waals surface area contributed by atoms with Gasteiger partial charge in [-0.25, -0.2) is 4.39 Å². The smallest absolute Gasteiger partial charge is 0.125 e. The lowest BCUT2D eigenvalue weighted by Gasteiger charge is -2.18. The molecule has 4 heteroatoms. The molecule has 0 unspecified atom stereocenters. The fourth-order valence-corrected chi connectivity index (χ4v) is 3.66. The van der Waals surface area contributed by atoms with Gasteiger partial charge < -0.3 is 10.2 Å². The van der Waals surface area contributed by atoms with E-state index in [9.17, 15) is 4.39 Å². The van der Waals surface area contributed by atoms with Crippen LogP contribution in [0.2, 0.25) is 0 Å². The van der Waals surface area contributed by atoms with Crippen LogP contribution >= 0.6 is 11.3 Å². The lowest BCUT2D eigenvalue weighted by molar-refractivity contribution is 0.593. The second-order valence-electron chi connectivity index (χ2n) is 5.85. The normalized spacial score (nSPS) is 14.0. The Kier molecular flexibility index (Phi) is 4.27. The molecular formula is C17H21FN2S. The number of thiophene rings is 1. The van der Waals surface area contributed by atoms with Gasteiger partial charge in [-0.05, 0) is 36.2 Å². The van der Waals surface area contributed by atoms with Crippen LogP contribution in [0.1, 0.15) is 29.2 Å². The molecule has 112 valence electrons. The average molecular weight is 304 g/mol. The van der Waals surface area contributed by atoms with E-state index in [-0.39, 0.29) is 5.82 Å². The van der Waals surface area contributed by atoms with E-state index in [1.54, 1.807) is 12.1 Å². The molecule has 1 aromatic carbocycles. The number of nitrogens with one attached hydrogen (secondary N) is 1. The monoisotopic (exact) mass is 304 g/mol. The van der Waals surface area contributed by atoms with Gasteiger partial charge in [-0.2, -0.15) is 0 Å². The van der Waals surface area contributed by atoms with E-state index in [0.717, 1.165) is 31.7 Å². The molecule has 1 aliphatic heterocycles. The minimum absolute atomic E-state index is 0.145. The van der Waals surface area contributed by atoms with Crippen LogP contribution in [0.5, 0.6) is 0 Å². The molecule has 1 N–H and O–H groups in total. The SMILES string of the molecule is CC(C)NCc1ccc(CN2CCc3ccc(F)cc32)s1. The van der Waals surface area contributed by atoms with Crippen molar-refractivity contribution in [2.75, 3.05) is 11.4 Å². The number of rotatable bonds is 5. The summed E-state index contributed by atoms with van der Waals surface area (Å²) in [5, 5.41) is 3.44. The van der Waals surface area contributed by atoms with Crippen LogP contribution in [-0.4, -0.2) is 12.6 Å². The first-order valence-corrected chi connectivity index (χ1v) is 8.28. The Hall–Kier alpha value is -1.39. The Labute approximate surface area is 129 Å². The third-order valence-corrected chi connectivity index (χ3v) is 4.86. The molecule has 2 aromatic rings. The highest BCUT2D eigenvalue weighted by molar-refractivity contribution is 7.12. The van der Waals surface area contributed by atoms with Crippen molar-refractivity contribution >= 4 is 17.0 Å². The van der Waals surface area contributed by atoms with Gasteiger partial charge in [-0.3, -0.25) is 0 Å². The second kappa shape index (κ2) is 6.16. The summed E-state index contributed by atoms with van der Waals surface area (Å²) in [4.78, 5) is 4.98. The largest absolute Gasteiger partial charge is 0.366 e. The fourth-order valence-electron chi connectivity index (χ4n) is 2.68. The Morgan fingerprint density at radius 3 is 2.86 bits per heavy atom. The van der Waals surface area contributed by atoms with Crippen molar-refractivity contribution in [3.63, 3.8) is 0 Å². The highest BCUT2D eigenvalue weighted by Gasteiger charge is 2.20. The van der Waals surface area contributed by atoms with E-state index in [4.69, 9.17) is 0 Å². The van der Waals surface area contributed by atoms with Crippen molar-refractivity contribution in [1.29, 1.82) is 0 Å². The van der Waals surface area contributed by atoms with Gasteiger partial charge >= 0.3 is 0 Å². The van der Waals surface area contributed by atoms with Crippen molar-refractivity contribution < 1.29 is 4.39 Å². The van der Waals surface area contributed by atoms with E-state index < -0.39 is 0 Å². The van der Waals surface area contributed by atoms with Gasteiger partial charge in [0.2, 0.25) is 0 Å². The van der Waals surface area contributed by atoms with Gasteiger partial charge in [0.05, 0.1) is 6.54 Å². The zero-order valence-corrected chi connectivity index (χ0v) is 13.3. The van der Waals surface area contributed by atoms with Crippen LogP contribution in [-0.2, 0) is 19.5 Å². The topological polar surface area (TPSA) is 15.3 Å². The number of nitrogens with zero attached hydrogens (tertiary/aromatic N) is 1. The van der Waals surface area contributed by atoms with E-state index in [1.165, 1.54) is 15.3 Å². The maximum Gasteiger partial charge on any atom is 0.125 e. The predicted molar refractivity (Wildman–Crippen MR) is 87.4 cm³/mol. The Bertz CT molecular complexity index is 621. The summed E-state index contributed by atoms with van der Waals surface area (Å²) in [5.74, 6) is -0.145. The molecule has 0 amide bonds. The number of hydrogen-bond acceptors (Lipinski definition) is 3. The van der Waals surface area contributed by atoms with Crippen molar-refractivity contribution in [3.05, 3.63) is 51.5 Å². The summed E-state index contributed by atoms with van der Waals surface area (Å²) in [6.45, 7) is 7.10. The quantitative estimate of drug-likeness (QED) is 0.900. The third kappa shape index (κ3) is 3.44. The minimum atomic E-state index is -0.145. The number of anilines is 1. The predicted octanol–water partition coefficient (Wildman–Crippen LogP) is 3.95. The van der Waals surface area contributed by atoms with E-state index in [1.807, 2.05) is 17.4 Å². The Morgan fingerprint density at radius 1 is 1.24 bits per heavy atom. The number of hydrogen-bond donors (Lipinski definition) is 1. The third-order valence-electron chi connectivity index (χ3n) is 3.79. The van der Waals surface area contributed by atoms with Crippen LogP contribution in [0.15, 0.2) is 30.3 Å². The van der Waals surface area contributed by atoms with Crippen LogP contribution in [0, 0.1) is 5.82 Å². The molecule has 0 saturated heterocycles. The summed E-state index contributed by atoms with van der Waals surface area (Å²) >= 11 is 1.84. The van der Waals surface area contributed by atoms with Gasteiger partial charge in [-0.15, -0.1) is 11.3 Å². The molecule has 0 spiro atoms. The molecule has 0 atom stereocenters. The van der Waals surface area contributed by atoms with E-state index in [0.29, 0.717) is 6.04 Å². The zero-order valence-electron chi connectivity index (χ0n) is 12.5. The van der Waals surface area contributed by atoms with E-state index >= 15 is 0 Å². The van der Waals surface area contributed by atoms with Gasteiger partial charge in [-0.1, -0.05) is 19.9 Å². The molecule has 3 rings (SSSR count). The van der Waals surface area contributed by atoms with Crippen molar-refractivity contribution in [3.8, 4) is 0 Å². The van der Waals surface area contributed by atoms with Crippen LogP contribution < -0.4 is 10.2 Å². The van der Waals surface area contributed by atoms with Gasteiger partial charge in [0.25, 0.3) is 0 Å². The van der Waals surface area contributed by atoms with Crippen molar-refractivity contribution in [1.82, 2.24) is 5.32 Å². The molecular weight excluding hydrogens is 283 g/mol. The minimum Gasteiger partial charge on any atom is -0.366 e. The summed E-state index contributed by atoms with van der Waals surface area (Å²) in [5.41, 5.74) is 2.32. The average Bonchev–Trinajstić information content (AvgIpc) is 3.05. The first-order valence-electron chi connectivity index (χ1n) is 7.46. The zero-order chi connectivity index (χ0) is 14.8. The second-order valence-corrected chi connectivity index (χ2v) is 7.10. The Balaban J connectivity index is 1.67. The highest BCUT2D eigenvalue weighted by atomic mass is 32.1. The molecule has 0 saturated carbocycles. The maximum atomic E-state index is 13.4. The first kappa shape index (κ1) is 14.5. The molecule has 1 aromatic heterocycles. The molecule has 2 heterocycles. The summed E-state index contributed by atoms with van der Waals surface area (Å²) in [6, 6.07) is 10.0. The molecule has 2 nitrogen and oxygen atoms in total. The number of benzene rings is 1.